The van der Waals surface area contributed by atoms with Crippen LogP contribution in [0.2, 0.25) is 0 Å². The summed E-state index contributed by atoms with van der Waals surface area (Å²) in [5.41, 5.74) is -0.569. The number of amides is 1. The first kappa shape index (κ1) is 20.7. The molecule has 0 saturated heterocycles. The molecule has 1 amide bonds. The van der Waals surface area contributed by atoms with E-state index in [1.165, 1.54) is 24.3 Å². The van der Waals surface area contributed by atoms with Crippen LogP contribution in [-0.4, -0.2) is 20.6 Å². The zero-order chi connectivity index (χ0) is 21.2. The van der Waals surface area contributed by atoms with Gasteiger partial charge in [0.2, 0.25) is 0 Å². The second-order valence-electron chi connectivity index (χ2n) is 6.41. The van der Waals surface area contributed by atoms with E-state index in [0.717, 1.165) is 12.3 Å². The van der Waals surface area contributed by atoms with E-state index in [-0.39, 0.29) is 28.5 Å². The van der Waals surface area contributed by atoms with Crippen LogP contribution in [0.15, 0.2) is 65.1 Å². The number of benzene rings is 2. The lowest BCUT2D eigenvalue weighted by atomic mass is 9.98. The van der Waals surface area contributed by atoms with Crippen LogP contribution in [0.25, 0.3) is 11.1 Å². The van der Waals surface area contributed by atoms with E-state index in [0.29, 0.717) is 5.56 Å². The van der Waals surface area contributed by atoms with Gasteiger partial charge in [0.05, 0.1) is 5.56 Å². The zero-order valence-corrected chi connectivity index (χ0v) is 16.0. The van der Waals surface area contributed by atoms with E-state index in [1.54, 1.807) is 30.3 Å². The molecule has 9 heteroatoms. The summed E-state index contributed by atoms with van der Waals surface area (Å²) in [6.45, 7) is 0. The highest BCUT2D eigenvalue weighted by Crippen LogP contribution is 2.38. The van der Waals surface area contributed by atoms with Crippen molar-refractivity contribution in [3.8, 4) is 11.1 Å². The number of hydrogen-bond donors (Lipinski definition) is 1. The second kappa shape index (κ2) is 7.75. The number of carbonyl (C=O) groups is 1. The topological polar surface area (TPSA) is 76.4 Å². The molecular weight excluding hydrogens is 407 g/mol. The highest BCUT2D eigenvalue weighted by molar-refractivity contribution is 7.89. The molecular formula is C20H16F3NO4S. The first-order chi connectivity index (χ1) is 13.5. The Kier molecular flexibility index (Phi) is 5.52. The van der Waals surface area contributed by atoms with Gasteiger partial charge in [-0.15, -0.1) is 0 Å². The monoisotopic (exact) mass is 423 g/mol. The van der Waals surface area contributed by atoms with Gasteiger partial charge < -0.3 is 9.73 Å². The number of alkyl halides is 3. The maximum atomic E-state index is 13.5. The molecule has 2 aromatic carbocycles. The van der Waals surface area contributed by atoms with Crippen LogP contribution in [0.4, 0.5) is 18.9 Å². The molecule has 0 aliphatic rings. The summed E-state index contributed by atoms with van der Waals surface area (Å²) in [6, 6.07) is 14.2. The highest BCUT2D eigenvalue weighted by atomic mass is 32.2. The van der Waals surface area contributed by atoms with Crippen molar-refractivity contribution in [2.45, 2.75) is 11.9 Å². The number of carbonyl (C=O) groups excluding carboxylic acids is 1. The van der Waals surface area contributed by atoms with Gasteiger partial charge in [0.25, 0.3) is 5.91 Å². The molecule has 0 unspecified atom stereocenters. The average Bonchev–Trinajstić information content (AvgIpc) is 3.08. The van der Waals surface area contributed by atoms with Crippen molar-refractivity contribution < 1.29 is 30.8 Å². The minimum atomic E-state index is -4.63. The molecule has 3 aromatic rings. The lowest BCUT2D eigenvalue weighted by molar-refractivity contribution is -0.137. The summed E-state index contributed by atoms with van der Waals surface area (Å²) in [5, 5.41) is 2.34. The van der Waals surface area contributed by atoms with Crippen molar-refractivity contribution in [3.63, 3.8) is 0 Å². The van der Waals surface area contributed by atoms with Gasteiger partial charge in [0.15, 0.2) is 15.6 Å². The van der Waals surface area contributed by atoms with Crippen LogP contribution < -0.4 is 5.32 Å². The third-order valence-electron chi connectivity index (χ3n) is 3.96. The number of hydrogen-bond acceptors (Lipinski definition) is 4. The molecule has 0 aliphatic carbocycles. The van der Waals surface area contributed by atoms with Gasteiger partial charge in [-0.25, -0.2) is 8.42 Å². The number of furan rings is 1. The average molecular weight is 423 g/mol. The predicted molar refractivity (Wildman–Crippen MR) is 102 cm³/mol. The fourth-order valence-corrected chi connectivity index (χ4v) is 3.43. The Morgan fingerprint density at radius 2 is 1.72 bits per heavy atom. The number of nitrogens with one attached hydrogen (secondary N) is 1. The van der Waals surface area contributed by atoms with Crippen LogP contribution in [0.3, 0.4) is 0 Å². The van der Waals surface area contributed by atoms with Gasteiger partial charge in [0.1, 0.15) is 11.5 Å². The van der Waals surface area contributed by atoms with Crippen LogP contribution in [0.5, 0.6) is 0 Å². The van der Waals surface area contributed by atoms with Crippen molar-refractivity contribution in [3.05, 3.63) is 77.7 Å². The van der Waals surface area contributed by atoms with Crippen LogP contribution in [0, 0.1) is 0 Å². The molecule has 0 spiro atoms. The molecule has 0 aliphatic heterocycles. The third kappa shape index (κ3) is 5.26. The van der Waals surface area contributed by atoms with Gasteiger partial charge in [-0.3, -0.25) is 4.79 Å². The van der Waals surface area contributed by atoms with Crippen LogP contribution >= 0.6 is 0 Å². The van der Waals surface area contributed by atoms with E-state index in [4.69, 9.17) is 4.42 Å². The number of sulfone groups is 1. The number of halogens is 3. The smallest absolute Gasteiger partial charge is 0.417 e. The van der Waals surface area contributed by atoms with Crippen LogP contribution in [-0.2, 0) is 21.8 Å². The van der Waals surface area contributed by atoms with Crippen molar-refractivity contribution in [2.75, 3.05) is 11.6 Å². The quantitative estimate of drug-likeness (QED) is 0.642. The molecule has 29 heavy (non-hydrogen) atoms. The molecule has 152 valence electrons. The molecule has 0 saturated carbocycles. The molecule has 1 heterocycles. The highest BCUT2D eigenvalue weighted by Gasteiger charge is 2.34. The van der Waals surface area contributed by atoms with Crippen molar-refractivity contribution in [2.24, 2.45) is 0 Å². The lowest BCUT2D eigenvalue weighted by Gasteiger charge is -2.15. The van der Waals surface area contributed by atoms with E-state index < -0.39 is 27.5 Å². The number of rotatable bonds is 5. The van der Waals surface area contributed by atoms with Gasteiger partial charge in [0, 0.05) is 11.9 Å². The van der Waals surface area contributed by atoms with E-state index in [2.05, 4.69) is 5.32 Å². The van der Waals surface area contributed by atoms with E-state index in [9.17, 15) is 26.4 Å². The lowest BCUT2D eigenvalue weighted by Crippen LogP contribution is -2.13. The summed E-state index contributed by atoms with van der Waals surface area (Å²) in [6.07, 6.45) is -3.61. The Bertz CT molecular complexity index is 1140. The molecule has 0 bridgehead atoms. The normalized spacial score (nSPS) is 12.0. The van der Waals surface area contributed by atoms with E-state index in [1.807, 2.05) is 0 Å². The summed E-state index contributed by atoms with van der Waals surface area (Å²) in [5.74, 6) is -1.31. The summed E-state index contributed by atoms with van der Waals surface area (Å²) in [7, 11) is -3.35. The Morgan fingerprint density at radius 3 is 2.34 bits per heavy atom. The maximum Gasteiger partial charge on any atom is 0.417 e. The molecule has 0 radical (unpaired) electrons. The fraction of sp³-hybridized carbons (Fsp3) is 0.150. The Labute approximate surface area is 165 Å². The van der Waals surface area contributed by atoms with Crippen LogP contribution in [0.1, 0.15) is 21.9 Å². The zero-order valence-electron chi connectivity index (χ0n) is 15.2. The summed E-state index contributed by atoms with van der Waals surface area (Å²) < 4.78 is 68.4. The number of anilines is 1. The Morgan fingerprint density at radius 1 is 1.03 bits per heavy atom. The largest absolute Gasteiger partial charge is 0.455 e. The first-order valence-corrected chi connectivity index (χ1v) is 10.4. The van der Waals surface area contributed by atoms with Crippen molar-refractivity contribution in [1.82, 2.24) is 0 Å². The first-order valence-electron chi connectivity index (χ1n) is 8.37. The van der Waals surface area contributed by atoms with Crippen molar-refractivity contribution >= 4 is 21.4 Å². The Hall–Kier alpha value is -3.07. The molecule has 1 N–H and O–H groups in total. The maximum absolute atomic E-state index is 13.5. The van der Waals surface area contributed by atoms with Gasteiger partial charge >= 0.3 is 6.18 Å². The minimum Gasteiger partial charge on any atom is -0.455 e. The Balaban J connectivity index is 1.87. The molecule has 5 nitrogen and oxygen atoms in total. The third-order valence-corrected chi connectivity index (χ3v) is 4.77. The van der Waals surface area contributed by atoms with Gasteiger partial charge in [-0.1, -0.05) is 36.4 Å². The van der Waals surface area contributed by atoms with Gasteiger partial charge in [-0.2, -0.15) is 13.2 Å². The minimum absolute atomic E-state index is 0.00969. The second-order valence-corrected chi connectivity index (χ2v) is 8.55. The molecule has 3 rings (SSSR count). The molecule has 0 fully saturated rings. The van der Waals surface area contributed by atoms with Gasteiger partial charge in [-0.05, 0) is 35.4 Å². The predicted octanol–water partition coefficient (Wildman–Crippen LogP) is 4.76. The summed E-state index contributed by atoms with van der Waals surface area (Å²) >= 11 is 0. The van der Waals surface area contributed by atoms with Crippen molar-refractivity contribution in [1.29, 1.82) is 0 Å². The van der Waals surface area contributed by atoms with E-state index >= 15 is 0 Å². The summed E-state index contributed by atoms with van der Waals surface area (Å²) in [4.78, 5) is 12.3. The standard InChI is InChI=1S/C20H16F3NO4S/c1-29(26,27)12-15-8-10-18(28-15)19(25)24-14-7-9-16(13-5-3-2-4-6-13)17(11-14)20(21,22)23/h2-11H,12H2,1H3,(H,24,25). The SMILES string of the molecule is CS(=O)(=O)Cc1ccc(C(=O)Nc2ccc(-c3ccccc3)c(C(F)(F)F)c2)o1. The molecule has 1 aromatic heterocycles. The molecule has 0 atom stereocenters. The fourth-order valence-electron chi connectivity index (χ4n) is 2.75.